The summed E-state index contributed by atoms with van der Waals surface area (Å²) < 4.78 is 0. The van der Waals surface area contributed by atoms with Crippen LogP contribution in [0.4, 0.5) is 11.4 Å². The Bertz CT molecular complexity index is 759. The van der Waals surface area contributed by atoms with Crippen LogP contribution in [0, 0.1) is 17.0 Å². The van der Waals surface area contributed by atoms with Gasteiger partial charge in [0.05, 0.1) is 4.92 Å². The molecule has 1 N–H and O–H groups in total. The van der Waals surface area contributed by atoms with Gasteiger partial charge in [0.2, 0.25) is 0 Å². The molecule has 2 aromatic rings. The molecule has 0 aliphatic heterocycles. The molecule has 2 aromatic carbocycles. The molecule has 6 heteroatoms. The number of nitro benzene ring substituents is 1. The van der Waals surface area contributed by atoms with E-state index in [0.717, 1.165) is 11.1 Å². The summed E-state index contributed by atoms with van der Waals surface area (Å²) >= 11 is 0. The molecule has 0 aromatic heterocycles. The fraction of sp³-hybridized carbons (Fsp3) is 0.278. The maximum atomic E-state index is 11.7. The van der Waals surface area contributed by atoms with Crippen molar-refractivity contribution in [1.82, 2.24) is 5.32 Å². The highest BCUT2D eigenvalue weighted by molar-refractivity contribution is 5.95. The van der Waals surface area contributed by atoms with E-state index in [-0.39, 0.29) is 17.2 Å². The van der Waals surface area contributed by atoms with Crippen molar-refractivity contribution in [3.05, 3.63) is 69.3 Å². The minimum absolute atomic E-state index is 0.0634. The highest BCUT2D eigenvalue weighted by Crippen LogP contribution is 2.30. The van der Waals surface area contributed by atoms with E-state index >= 15 is 0 Å². The summed E-state index contributed by atoms with van der Waals surface area (Å²) in [5, 5.41) is 14.0. The summed E-state index contributed by atoms with van der Waals surface area (Å²) in [6, 6.07) is 12.5. The minimum Gasteiger partial charge on any atom is -0.362 e. The SMILES string of the molecule is CCN(Cc1ccccc1C)c1ccc(C(=O)NC)cc1[N+](=O)[O-]. The zero-order valence-electron chi connectivity index (χ0n) is 14.1. The third-order valence-corrected chi connectivity index (χ3v) is 4.01. The molecular weight excluding hydrogens is 306 g/mol. The largest absolute Gasteiger partial charge is 0.362 e. The van der Waals surface area contributed by atoms with Gasteiger partial charge in [-0.15, -0.1) is 0 Å². The highest BCUT2D eigenvalue weighted by Gasteiger charge is 2.21. The fourth-order valence-electron chi connectivity index (χ4n) is 2.58. The summed E-state index contributed by atoms with van der Waals surface area (Å²) in [6.07, 6.45) is 0. The number of anilines is 1. The molecule has 1 amide bonds. The third-order valence-electron chi connectivity index (χ3n) is 4.01. The zero-order chi connectivity index (χ0) is 17.7. The van der Waals surface area contributed by atoms with Gasteiger partial charge < -0.3 is 10.2 Å². The number of hydrogen-bond donors (Lipinski definition) is 1. The monoisotopic (exact) mass is 327 g/mol. The first-order chi connectivity index (χ1) is 11.5. The first kappa shape index (κ1) is 17.5. The Balaban J connectivity index is 2.42. The van der Waals surface area contributed by atoms with Gasteiger partial charge in [0, 0.05) is 31.8 Å². The van der Waals surface area contributed by atoms with E-state index < -0.39 is 4.92 Å². The maximum Gasteiger partial charge on any atom is 0.293 e. The Kier molecular flexibility index (Phi) is 5.52. The Morgan fingerprint density at radius 3 is 2.54 bits per heavy atom. The minimum atomic E-state index is -0.442. The predicted molar refractivity (Wildman–Crippen MR) is 94.4 cm³/mol. The first-order valence-electron chi connectivity index (χ1n) is 7.77. The van der Waals surface area contributed by atoms with Crippen molar-refractivity contribution in [3.8, 4) is 0 Å². The van der Waals surface area contributed by atoms with Crippen molar-refractivity contribution in [2.75, 3.05) is 18.5 Å². The van der Waals surface area contributed by atoms with Crippen LogP contribution >= 0.6 is 0 Å². The van der Waals surface area contributed by atoms with Crippen LogP contribution in [-0.4, -0.2) is 24.4 Å². The number of benzene rings is 2. The fourth-order valence-corrected chi connectivity index (χ4v) is 2.58. The van der Waals surface area contributed by atoms with E-state index in [4.69, 9.17) is 0 Å². The lowest BCUT2D eigenvalue weighted by Gasteiger charge is -2.24. The molecule has 0 heterocycles. The number of carbonyl (C=O) groups is 1. The number of nitrogens with one attached hydrogen (secondary N) is 1. The smallest absolute Gasteiger partial charge is 0.293 e. The van der Waals surface area contributed by atoms with Crippen LogP contribution in [0.5, 0.6) is 0 Å². The average Bonchev–Trinajstić information content (AvgIpc) is 2.60. The van der Waals surface area contributed by atoms with Gasteiger partial charge in [-0.25, -0.2) is 0 Å². The highest BCUT2D eigenvalue weighted by atomic mass is 16.6. The van der Waals surface area contributed by atoms with Gasteiger partial charge >= 0.3 is 0 Å². The normalized spacial score (nSPS) is 10.3. The Hall–Kier alpha value is -2.89. The molecule has 6 nitrogen and oxygen atoms in total. The molecule has 2 rings (SSSR count). The van der Waals surface area contributed by atoms with Gasteiger partial charge in [0.25, 0.3) is 11.6 Å². The molecule has 0 radical (unpaired) electrons. The second-order valence-corrected chi connectivity index (χ2v) is 5.48. The molecule has 0 aliphatic rings. The second-order valence-electron chi connectivity index (χ2n) is 5.48. The van der Waals surface area contributed by atoms with E-state index in [0.29, 0.717) is 18.8 Å². The van der Waals surface area contributed by atoms with Crippen molar-refractivity contribution in [2.45, 2.75) is 20.4 Å². The lowest BCUT2D eigenvalue weighted by atomic mass is 10.1. The van der Waals surface area contributed by atoms with E-state index in [1.54, 1.807) is 12.1 Å². The number of carbonyl (C=O) groups excluding carboxylic acids is 1. The van der Waals surface area contributed by atoms with Crippen LogP contribution < -0.4 is 10.2 Å². The molecule has 126 valence electrons. The van der Waals surface area contributed by atoms with E-state index in [1.807, 2.05) is 43.0 Å². The standard InChI is InChI=1S/C18H21N3O3/c1-4-20(12-15-8-6-5-7-13(15)2)16-10-9-14(18(22)19-3)11-17(16)21(23)24/h5-11H,4,12H2,1-3H3,(H,19,22). The van der Waals surface area contributed by atoms with Crippen molar-refractivity contribution >= 4 is 17.3 Å². The quantitative estimate of drug-likeness (QED) is 0.652. The summed E-state index contributed by atoms with van der Waals surface area (Å²) in [6.45, 7) is 5.17. The van der Waals surface area contributed by atoms with Gasteiger partial charge in [-0.3, -0.25) is 14.9 Å². The molecule has 24 heavy (non-hydrogen) atoms. The van der Waals surface area contributed by atoms with Crippen LogP contribution in [0.2, 0.25) is 0 Å². The number of nitrogens with zero attached hydrogens (tertiary/aromatic N) is 2. The van der Waals surface area contributed by atoms with Crippen molar-refractivity contribution in [1.29, 1.82) is 0 Å². The molecule has 0 saturated carbocycles. The number of amides is 1. The van der Waals surface area contributed by atoms with Crippen LogP contribution in [0.3, 0.4) is 0 Å². The molecule has 0 spiro atoms. The van der Waals surface area contributed by atoms with Crippen LogP contribution in [0.25, 0.3) is 0 Å². The topological polar surface area (TPSA) is 75.5 Å². The van der Waals surface area contributed by atoms with Crippen LogP contribution in [0.1, 0.15) is 28.4 Å². The third kappa shape index (κ3) is 3.71. The van der Waals surface area contributed by atoms with Gasteiger partial charge in [0.1, 0.15) is 5.69 Å². The van der Waals surface area contributed by atoms with Gasteiger partial charge in [0.15, 0.2) is 0 Å². The number of nitro groups is 1. The van der Waals surface area contributed by atoms with E-state index in [2.05, 4.69) is 5.32 Å². The molecule has 0 fully saturated rings. The maximum absolute atomic E-state index is 11.7. The summed E-state index contributed by atoms with van der Waals surface area (Å²) in [5.74, 6) is -0.341. The van der Waals surface area contributed by atoms with Gasteiger partial charge in [-0.05, 0) is 37.1 Å². The molecular formula is C18H21N3O3. The molecule has 0 saturated heterocycles. The lowest BCUT2D eigenvalue weighted by molar-refractivity contribution is -0.384. The van der Waals surface area contributed by atoms with Crippen molar-refractivity contribution < 1.29 is 9.72 Å². The van der Waals surface area contributed by atoms with E-state index in [9.17, 15) is 14.9 Å². The Labute approximate surface area is 141 Å². The Morgan fingerprint density at radius 1 is 1.25 bits per heavy atom. The molecule has 0 atom stereocenters. The molecule has 0 aliphatic carbocycles. The van der Waals surface area contributed by atoms with Crippen molar-refractivity contribution in [3.63, 3.8) is 0 Å². The van der Waals surface area contributed by atoms with Crippen molar-refractivity contribution in [2.24, 2.45) is 0 Å². The molecule has 0 unspecified atom stereocenters. The molecule has 0 bridgehead atoms. The number of rotatable bonds is 6. The van der Waals surface area contributed by atoms with E-state index in [1.165, 1.54) is 13.1 Å². The van der Waals surface area contributed by atoms with Crippen LogP contribution in [0.15, 0.2) is 42.5 Å². The van der Waals surface area contributed by atoms with Gasteiger partial charge in [-0.2, -0.15) is 0 Å². The summed E-state index contributed by atoms with van der Waals surface area (Å²) in [7, 11) is 1.50. The second kappa shape index (κ2) is 7.59. The number of hydrogen-bond acceptors (Lipinski definition) is 4. The predicted octanol–water partition coefficient (Wildman–Crippen LogP) is 3.29. The van der Waals surface area contributed by atoms with Crippen LogP contribution in [-0.2, 0) is 6.54 Å². The summed E-state index contributed by atoms with van der Waals surface area (Å²) in [4.78, 5) is 24.7. The Morgan fingerprint density at radius 2 is 1.96 bits per heavy atom. The zero-order valence-corrected chi connectivity index (χ0v) is 14.1. The average molecular weight is 327 g/mol. The lowest BCUT2D eigenvalue weighted by Crippen LogP contribution is -2.24. The summed E-state index contributed by atoms with van der Waals surface area (Å²) in [5.41, 5.74) is 2.98. The number of aryl methyl sites for hydroxylation is 1. The first-order valence-corrected chi connectivity index (χ1v) is 7.77. The van der Waals surface area contributed by atoms with Gasteiger partial charge in [-0.1, -0.05) is 24.3 Å².